The van der Waals surface area contributed by atoms with Gasteiger partial charge in [-0.05, 0) is 24.5 Å². The summed E-state index contributed by atoms with van der Waals surface area (Å²) in [6, 6.07) is 6.86. The first-order valence-electron chi connectivity index (χ1n) is 6.58. The Hall–Kier alpha value is -1.08. The fraction of sp³-hybridized carbons (Fsp3) is 0.538. The molecule has 0 spiro atoms. The van der Waals surface area contributed by atoms with Gasteiger partial charge in [0.15, 0.2) is 0 Å². The lowest BCUT2D eigenvalue weighted by atomic mass is 9.80. The summed E-state index contributed by atoms with van der Waals surface area (Å²) >= 11 is 0. The van der Waals surface area contributed by atoms with E-state index in [0.717, 1.165) is 26.2 Å². The van der Waals surface area contributed by atoms with Gasteiger partial charge < -0.3 is 19.5 Å². The zero-order chi connectivity index (χ0) is 13.7. The van der Waals surface area contributed by atoms with Gasteiger partial charge in [0.05, 0.1) is 12.7 Å². The maximum absolute atomic E-state index is 9.08. The predicted octanol–water partition coefficient (Wildman–Crippen LogP) is -0.534. The molecule has 1 aromatic carbocycles. The summed E-state index contributed by atoms with van der Waals surface area (Å²) in [4.78, 5) is 2.30. The van der Waals surface area contributed by atoms with Crippen LogP contribution in [0.15, 0.2) is 24.3 Å². The first-order valence-corrected chi connectivity index (χ1v) is 6.58. The van der Waals surface area contributed by atoms with Crippen molar-refractivity contribution in [2.24, 2.45) is 0 Å². The zero-order valence-corrected chi connectivity index (χ0v) is 11.2. The SMILES string of the molecule is CC1CN(CCOc2cccc(B(O)O)c2)CCO1. The molecule has 104 valence electrons. The Balaban J connectivity index is 1.77. The van der Waals surface area contributed by atoms with Crippen molar-refractivity contribution < 1.29 is 19.5 Å². The molecule has 0 radical (unpaired) electrons. The molecule has 6 heteroatoms. The molecule has 0 saturated carbocycles. The van der Waals surface area contributed by atoms with Crippen molar-refractivity contribution >= 4 is 12.6 Å². The second kappa shape index (κ2) is 6.91. The Morgan fingerprint density at radius 2 is 2.32 bits per heavy atom. The molecular weight excluding hydrogens is 245 g/mol. The molecule has 0 amide bonds. The molecule has 1 heterocycles. The second-order valence-corrected chi connectivity index (χ2v) is 4.78. The highest BCUT2D eigenvalue weighted by atomic mass is 16.5. The first kappa shape index (κ1) is 14.3. The minimum absolute atomic E-state index is 0.279. The molecular formula is C13H20BNO4. The highest BCUT2D eigenvalue weighted by Gasteiger charge is 2.16. The average Bonchev–Trinajstić information content (AvgIpc) is 2.39. The van der Waals surface area contributed by atoms with Crippen molar-refractivity contribution in [2.45, 2.75) is 13.0 Å². The van der Waals surface area contributed by atoms with E-state index in [9.17, 15) is 0 Å². The molecule has 1 fully saturated rings. The third-order valence-electron chi connectivity index (χ3n) is 3.16. The van der Waals surface area contributed by atoms with Crippen LogP contribution >= 0.6 is 0 Å². The number of ether oxygens (including phenoxy) is 2. The van der Waals surface area contributed by atoms with E-state index in [-0.39, 0.29) is 6.10 Å². The molecule has 19 heavy (non-hydrogen) atoms. The molecule has 1 aliphatic rings. The van der Waals surface area contributed by atoms with Crippen LogP contribution in [0.25, 0.3) is 0 Å². The van der Waals surface area contributed by atoms with Crippen LogP contribution in [0.4, 0.5) is 0 Å². The van der Waals surface area contributed by atoms with Gasteiger partial charge in [0.25, 0.3) is 0 Å². The monoisotopic (exact) mass is 265 g/mol. The van der Waals surface area contributed by atoms with Crippen molar-refractivity contribution in [3.05, 3.63) is 24.3 Å². The van der Waals surface area contributed by atoms with Crippen LogP contribution in [-0.4, -0.2) is 61.0 Å². The number of benzene rings is 1. The number of hydrogen-bond acceptors (Lipinski definition) is 5. The molecule has 0 aliphatic carbocycles. The normalized spacial score (nSPS) is 20.3. The molecule has 0 aromatic heterocycles. The van der Waals surface area contributed by atoms with Crippen molar-refractivity contribution in [3.8, 4) is 5.75 Å². The van der Waals surface area contributed by atoms with Crippen molar-refractivity contribution in [2.75, 3.05) is 32.8 Å². The third-order valence-corrected chi connectivity index (χ3v) is 3.16. The van der Waals surface area contributed by atoms with Gasteiger partial charge in [-0.15, -0.1) is 0 Å². The van der Waals surface area contributed by atoms with E-state index in [1.807, 2.05) is 6.07 Å². The maximum Gasteiger partial charge on any atom is 0.488 e. The lowest BCUT2D eigenvalue weighted by molar-refractivity contribution is -0.0214. The number of hydrogen-bond donors (Lipinski definition) is 2. The summed E-state index contributed by atoms with van der Waals surface area (Å²) < 4.78 is 11.1. The van der Waals surface area contributed by atoms with Gasteiger partial charge >= 0.3 is 7.12 Å². The average molecular weight is 265 g/mol. The summed E-state index contributed by atoms with van der Waals surface area (Å²) in [5, 5.41) is 18.2. The molecule has 1 aliphatic heterocycles. The molecule has 1 aromatic rings. The maximum atomic E-state index is 9.08. The van der Waals surface area contributed by atoms with Crippen molar-refractivity contribution in [1.82, 2.24) is 4.90 Å². The van der Waals surface area contributed by atoms with E-state index in [2.05, 4.69) is 11.8 Å². The van der Waals surface area contributed by atoms with Gasteiger partial charge in [0.2, 0.25) is 0 Å². The van der Waals surface area contributed by atoms with Crippen LogP contribution in [0.5, 0.6) is 5.75 Å². The Morgan fingerprint density at radius 1 is 1.47 bits per heavy atom. The molecule has 5 nitrogen and oxygen atoms in total. The van der Waals surface area contributed by atoms with Crippen LogP contribution in [-0.2, 0) is 4.74 Å². The largest absolute Gasteiger partial charge is 0.492 e. The molecule has 2 N–H and O–H groups in total. The van der Waals surface area contributed by atoms with Crippen LogP contribution in [0.2, 0.25) is 0 Å². The molecule has 1 atom stereocenters. The van der Waals surface area contributed by atoms with Gasteiger partial charge in [-0.25, -0.2) is 0 Å². The highest BCUT2D eigenvalue weighted by molar-refractivity contribution is 6.58. The van der Waals surface area contributed by atoms with E-state index in [1.165, 1.54) is 0 Å². The van der Waals surface area contributed by atoms with Crippen molar-refractivity contribution in [3.63, 3.8) is 0 Å². The smallest absolute Gasteiger partial charge is 0.488 e. The second-order valence-electron chi connectivity index (χ2n) is 4.78. The van der Waals surface area contributed by atoms with Gasteiger partial charge in [-0.2, -0.15) is 0 Å². The van der Waals surface area contributed by atoms with E-state index in [4.69, 9.17) is 19.5 Å². The summed E-state index contributed by atoms with van der Waals surface area (Å²) in [5.41, 5.74) is 0.442. The molecule has 0 bridgehead atoms. The molecule has 2 rings (SSSR count). The fourth-order valence-electron chi connectivity index (χ4n) is 2.15. The summed E-state index contributed by atoms with van der Waals surface area (Å²) in [7, 11) is -1.45. The van der Waals surface area contributed by atoms with E-state index >= 15 is 0 Å². The quantitative estimate of drug-likeness (QED) is 0.700. The molecule has 1 unspecified atom stereocenters. The Morgan fingerprint density at radius 3 is 3.05 bits per heavy atom. The third kappa shape index (κ3) is 4.51. The van der Waals surface area contributed by atoms with Gasteiger partial charge in [0, 0.05) is 19.6 Å². The van der Waals surface area contributed by atoms with Crippen LogP contribution in [0.1, 0.15) is 6.92 Å². The zero-order valence-electron chi connectivity index (χ0n) is 11.2. The first-order chi connectivity index (χ1) is 9.15. The lowest BCUT2D eigenvalue weighted by Crippen LogP contribution is -2.42. The summed E-state index contributed by atoms with van der Waals surface area (Å²) in [6.45, 7) is 6.13. The van der Waals surface area contributed by atoms with E-state index < -0.39 is 7.12 Å². The van der Waals surface area contributed by atoms with Crippen LogP contribution in [0, 0.1) is 0 Å². The minimum atomic E-state index is -1.45. The fourth-order valence-corrected chi connectivity index (χ4v) is 2.15. The van der Waals surface area contributed by atoms with Crippen molar-refractivity contribution in [1.29, 1.82) is 0 Å². The standard InChI is InChI=1S/C13H20BNO4/c1-11-10-15(5-7-18-11)6-8-19-13-4-2-3-12(9-13)14(16)17/h2-4,9,11,16-17H,5-8,10H2,1H3. The predicted molar refractivity (Wildman–Crippen MR) is 73.6 cm³/mol. The van der Waals surface area contributed by atoms with E-state index in [0.29, 0.717) is 17.8 Å². The summed E-state index contributed by atoms with van der Waals surface area (Å²) in [6.07, 6.45) is 0.279. The van der Waals surface area contributed by atoms with Crippen LogP contribution in [0.3, 0.4) is 0 Å². The van der Waals surface area contributed by atoms with Crippen LogP contribution < -0.4 is 10.2 Å². The topological polar surface area (TPSA) is 62.2 Å². The number of morpholine rings is 1. The highest BCUT2D eigenvalue weighted by Crippen LogP contribution is 2.08. The van der Waals surface area contributed by atoms with Gasteiger partial charge in [-0.3, -0.25) is 4.90 Å². The summed E-state index contributed by atoms with van der Waals surface area (Å²) in [5.74, 6) is 0.659. The minimum Gasteiger partial charge on any atom is -0.492 e. The van der Waals surface area contributed by atoms with Gasteiger partial charge in [-0.1, -0.05) is 12.1 Å². The Bertz CT molecular complexity index is 402. The number of nitrogens with zero attached hydrogens (tertiary/aromatic N) is 1. The molecule has 1 saturated heterocycles. The number of rotatable bonds is 5. The Kier molecular flexibility index (Phi) is 5.21. The lowest BCUT2D eigenvalue weighted by Gasteiger charge is -2.30. The Labute approximate surface area is 113 Å². The van der Waals surface area contributed by atoms with Gasteiger partial charge in [0.1, 0.15) is 12.4 Å². The van der Waals surface area contributed by atoms with E-state index in [1.54, 1.807) is 18.2 Å².